The van der Waals surface area contributed by atoms with Gasteiger partial charge in [0.05, 0.1) is 12.1 Å². The van der Waals surface area contributed by atoms with E-state index in [4.69, 9.17) is 11.0 Å². The van der Waals surface area contributed by atoms with Crippen molar-refractivity contribution in [3.8, 4) is 6.07 Å². The van der Waals surface area contributed by atoms with Gasteiger partial charge >= 0.3 is 6.18 Å². The summed E-state index contributed by atoms with van der Waals surface area (Å²) in [5.41, 5.74) is 5.14. The number of carbonyl (C=O) groups is 1. The normalized spacial score (nSPS) is 24.0. The lowest BCUT2D eigenvalue weighted by atomic mass is 9.99. The summed E-state index contributed by atoms with van der Waals surface area (Å²) in [5, 5.41) is 8.50. The third kappa shape index (κ3) is 3.60. The van der Waals surface area contributed by atoms with E-state index in [0.29, 0.717) is 13.0 Å². The lowest BCUT2D eigenvalue weighted by Gasteiger charge is -2.34. The fourth-order valence-corrected chi connectivity index (χ4v) is 1.98. The van der Waals surface area contributed by atoms with Gasteiger partial charge in [-0.15, -0.1) is 0 Å². The Morgan fingerprint density at radius 3 is 2.65 bits per heavy atom. The second-order valence-corrected chi connectivity index (χ2v) is 4.13. The van der Waals surface area contributed by atoms with Crippen LogP contribution in [0.15, 0.2) is 0 Å². The summed E-state index contributed by atoms with van der Waals surface area (Å²) in [6.45, 7) is -0.102. The highest BCUT2D eigenvalue weighted by Gasteiger charge is 2.42. The molecule has 1 aliphatic heterocycles. The fraction of sp³-hybridized carbons (Fsp3) is 0.800. The van der Waals surface area contributed by atoms with E-state index in [-0.39, 0.29) is 0 Å². The van der Waals surface area contributed by atoms with Gasteiger partial charge in [0.25, 0.3) is 0 Å². The largest absolute Gasteiger partial charge is 0.405 e. The monoisotopic (exact) mass is 249 g/mol. The third-order valence-corrected chi connectivity index (χ3v) is 2.91. The maximum Gasteiger partial charge on any atom is 0.405 e. The lowest BCUT2D eigenvalue weighted by Crippen LogP contribution is -2.50. The Morgan fingerprint density at radius 2 is 2.18 bits per heavy atom. The highest BCUT2D eigenvalue weighted by Crippen LogP contribution is 2.28. The second-order valence-electron chi connectivity index (χ2n) is 4.13. The van der Waals surface area contributed by atoms with Crippen molar-refractivity contribution in [1.29, 1.82) is 5.26 Å². The van der Waals surface area contributed by atoms with Crippen LogP contribution in [0, 0.1) is 17.2 Å². The summed E-state index contributed by atoms with van der Waals surface area (Å²) in [4.78, 5) is 12.5. The van der Waals surface area contributed by atoms with Gasteiger partial charge in [0, 0.05) is 6.54 Å². The molecule has 2 unspecified atom stereocenters. The number of nitrogens with zero attached hydrogens (tertiary/aromatic N) is 2. The molecule has 1 aliphatic rings. The third-order valence-electron chi connectivity index (χ3n) is 2.91. The van der Waals surface area contributed by atoms with E-state index in [9.17, 15) is 18.0 Å². The zero-order valence-corrected chi connectivity index (χ0v) is 9.20. The van der Waals surface area contributed by atoms with Gasteiger partial charge in [-0.05, 0) is 19.4 Å². The lowest BCUT2D eigenvalue weighted by molar-refractivity contribution is -0.166. The average Bonchev–Trinajstić information content (AvgIpc) is 2.24. The van der Waals surface area contributed by atoms with E-state index < -0.39 is 30.6 Å². The highest BCUT2D eigenvalue weighted by atomic mass is 19.4. The van der Waals surface area contributed by atoms with Gasteiger partial charge in [-0.2, -0.15) is 18.4 Å². The number of hydrogen-bond donors (Lipinski definition) is 1. The summed E-state index contributed by atoms with van der Waals surface area (Å²) in [5.74, 6) is -2.69. The van der Waals surface area contributed by atoms with E-state index in [0.717, 1.165) is 12.8 Å². The van der Waals surface area contributed by atoms with Gasteiger partial charge in [-0.25, -0.2) is 0 Å². The Morgan fingerprint density at radius 1 is 1.53 bits per heavy atom. The van der Waals surface area contributed by atoms with Crippen molar-refractivity contribution < 1.29 is 18.0 Å². The summed E-state index contributed by atoms with van der Waals surface area (Å²) in [7, 11) is 0. The number of halogens is 3. The van der Waals surface area contributed by atoms with Crippen molar-refractivity contribution in [3.63, 3.8) is 0 Å². The minimum atomic E-state index is -4.56. The number of rotatable bonds is 3. The van der Waals surface area contributed by atoms with Crippen molar-refractivity contribution in [2.24, 2.45) is 11.7 Å². The van der Waals surface area contributed by atoms with Crippen molar-refractivity contribution in [3.05, 3.63) is 0 Å². The van der Waals surface area contributed by atoms with E-state index in [1.807, 2.05) is 0 Å². The molecule has 4 nitrogen and oxygen atoms in total. The maximum absolute atomic E-state index is 12.4. The summed E-state index contributed by atoms with van der Waals surface area (Å²) in [6, 6.07) is 0.551. The molecule has 2 N–H and O–H groups in total. The fourth-order valence-electron chi connectivity index (χ4n) is 1.98. The number of nitriles is 1. The Hall–Kier alpha value is -1.29. The molecule has 0 aromatic carbocycles. The van der Waals surface area contributed by atoms with Crippen LogP contribution in [0.3, 0.4) is 0 Å². The van der Waals surface area contributed by atoms with Crippen molar-refractivity contribution in [1.82, 2.24) is 4.90 Å². The van der Waals surface area contributed by atoms with E-state index in [1.165, 1.54) is 11.0 Å². The first-order valence-corrected chi connectivity index (χ1v) is 5.36. The number of likely N-dealkylation sites (tertiary alicyclic amines) is 1. The maximum atomic E-state index is 12.4. The van der Waals surface area contributed by atoms with Gasteiger partial charge in [-0.3, -0.25) is 9.69 Å². The molecule has 1 rings (SSSR count). The first-order chi connectivity index (χ1) is 7.86. The molecular formula is C10H14F3N3O. The van der Waals surface area contributed by atoms with Crippen LogP contribution in [0.4, 0.5) is 13.2 Å². The summed E-state index contributed by atoms with van der Waals surface area (Å²) in [6.07, 6.45) is -2.60. The molecule has 0 aliphatic carbocycles. The molecule has 0 radical (unpaired) electrons. The average molecular weight is 249 g/mol. The Kier molecular flexibility index (Phi) is 4.34. The molecule has 17 heavy (non-hydrogen) atoms. The molecular weight excluding hydrogens is 235 g/mol. The quantitative estimate of drug-likeness (QED) is 0.812. The molecule has 0 aromatic rings. The zero-order chi connectivity index (χ0) is 13.1. The molecule has 1 fully saturated rings. The van der Waals surface area contributed by atoms with Crippen LogP contribution in [0.25, 0.3) is 0 Å². The number of piperidine rings is 1. The molecule has 2 atom stereocenters. The van der Waals surface area contributed by atoms with E-state index >= 15 is 0 Å². The Bertz CT molecular complexity index is 324. The standard InChI is InChI=1S/C10H14F3N3O/c11-10(12,13)7(5-14)6-16-4-2-1-3-8(16)9(15)17/h7-8H,1-4,6H2,(H2,15,17). The van der Waals surface area contributed by atoms with Gasteiger partial charge < -0.3 is 5.73 Å². The van der Waals surface area contributed by atoms with Crippen molar-refractivity contribution in [2.75, 3.05) is 13.1 Å². The predicted octanol–water partition coefficient (Wildman–Crippen LogP) is 1.03. The van der Waals surface area contributed by atoms with Gasteiger partial charge in [0.2, 0.25) is 5.91 Å². The molecule has 1 amide bonds. The number of alkyl halides is 3. The van der Waals surface area contributed by atoms with Gasteiger partial charge in [0.1, 0.15) is 0 Å². The minimum Gasteiger partial charge on any atom is -0.368 e. The van der Waals surface area contributed by atoms with Crippen LogP contribution in [0.2, 0.25) is 0 Å². The summed E-state index contributed by atoms with van der Waals surface area (Å²) >= 11 is 0. The molecule has 0 bridgehead atoms. The first kappa shape index (κ1) is 13.8. The van der Waals surface area contributed by atoms with Crippen LogP contribution >= 0.6 is 0 Å². The number of primary amides is 1. The van der Waals surface area contributed by atoms with Gasteiger partial charge in [0.15, 0.2) is 5.92 Å². The zero-order valence-electron chi connectivity index (χ0n) is 9.20. The SMILES string of the molecule is N#CC(CN1CCCCC1C(N)=O)C(F)(F)F. The molecule has 1 saturated heterocycles. The molecule has 0 spiro atoms. The predicted molar refractivity (Wildman–Crippen MR) is 53.6 cm³/mol. The molecule has 0 aromatic heterocycles. The van der Waals surface area contributed by atoms with E-state index in [2.05, 4.69) is 0 Å². The smallest absolute Gasteiger partial charge is 0.368 e. The van der Waals surface area contributed by atoms with Crippen LogP contribution < -0.4 is 5.73 Å². The molecule has 0 saturated carbocycles. The number of carbonyl (C=O) groups excluding carboxylic acids is 1. The second kappa shape index (κ2) is 5.36. The summed E-state index contributed by atoms with van der Waals surface area (Å²) < 4.78 is 37.3. The molecule has 1 heterocycles. The van der Waals surface area contributed by atoms with Crippen LogP contribution in [0.1, 0.15) is 19.3 Å². The number of hydrogen-bond acceptors (Lipinski definition) is 3. The Balaban J connectivity index is 2.71. The minimum absolute atomic E-state index is 0.377. The van der Waals surface area contributed by atoms with Crippen LogP contribution in [-0.2, 0) is 4.79 Å². The van der Waals surface area contributed by atoms with Gasteiger partial charge in [-0.1, -0.05) is 6.42 Å². The van der Waals surface area contributed by atoms with Crippen LogP contribution in [0.5, 0.6) is 0 Å². The van der Waals surface area contributed by atoms with Crippen molar-refractivity contribution in [2.45, 2.75) is 31.5 Å². The highest BCUT2D eigenvalue weighted by molar-refractivity contribution is 5.79. The van der Waals surface area contributed by atoms with Crippen molar-refractivity contribution >= 4 is 5.91 Å². The number of amides is 1. The molecule has 7 heteroatoms. The topological polar surface area (TPSA) is 70.1 Å². The number of nitrogens with two attached hydrogens (primary N) is 1. The Labute approximate surface area is 97.2 Å². The van der Waals surface area contributed by atoms with Crippen LogP contribution in [-0.4, -0.2) is 36.1 Å². The molecule has 96 valence electrons. The van der Waals surface area contributed by atoms with E-state index in [1.54, 1.807) is 0 Å². The first-order valence-electron chi connectivity index (χ1n) is 5.36.